The summed E-state index contributed by atoms with van der Waals surface area (Å²) in [6.45, 7) is 0. The molecule has 2 nitrogen and oxygen atoms in total. The maximum Gasteiger partial charge on any atom is 0.255 e. The lowest BCUT2D eigenvalue weighted by Gasteiger charge is -2.31. The van der Waals surface area contributed by atoms with Gasteiger partial charge in [-0.05, 0) is 75.6 Å². The van der Waals surface area contributed by atoms with Gasteiger partial charge in [-0.1, -0.05) is 146 Å². The minimum absolute atomic E-state index is 0.129. The number of hydrogen-bond donors (Lipinski definition) is 1. The summed E-state index contributed by atoms with van der Waals surface area (Å²) in [5.74, 6) is -0.129. The molecule has 0 unspecified atom stereocenters. The van der Waals surface area contributed by atoms with E-state index in [9.17, 15) is 4.79 Å². The highest BCUT2D eigenvalue weighted by Crippen LogP contribution is 2.61. The molecule has 1 N–H and O–H groups in total. The Morgan fingerprint density at radius 1 is 0.449 bits per heavy atom. The van der Waals surface area contributed by atoms with Crippen LogP contribution in [0.5, 0.6) is 0 Å². The normalized spacial score (nSPS) is 11.4. The van der Waals surface area contributed by atoms with Crippen LogP contribution in [0.2, 0.25) is 0 Å². The zero-order chi connectivity index (χ0) is 33.0. The molecule has 0 aromatic heterocycles. The van der Waals surface area contributed by atoms with Crippen molar-refractivity contribution in [3.8, 4) is 11.1 Å². The quantitative estimate of drug-likeness (QED) is 0.163. The first-order chi connectivity index (χ1) is 24.2. The number of carbonyl (C=O) groups is 1. The largest absolute Gasteiger partial charge is 0.321 e. The van der Waals surface area contributed by atoms with E-state index in [-0.39, 0.29) is 5.91 Å². The summed E-state index contributed by atoms with van der Waals surface area (Å²) in [5, 5.41) is 11.8. The van der Waals surface area contributed by atoms with Gasteiger partial charge in [0.05, 0.1) is 6.16 Å². The molecule has 1 amide bonds. The monoisotopic (exact) mass is 648 g/mol. The molecule has 0 aliphatic rings. The second-order valence-corrected chi connectivity index (χ2v) is 15.8. The molecule has 3 heteroatoms. The van der Waals surface area contributed by atoms with E-state index in [1.807, 2.05) is 30.3 Å². The van der Waals surface area contributed by atoms with Gasteiger partial charge in [-0.2, -0.15) is 0 Å². The number of fused-ring (bicyclic) bond motifs is 2. The number of carbonyl (C=O) groups excluding carboxylic acids is 1. The van der Waals surface area contributed by atoms with E-state index in [0.29, 0.717) is 5.56 Å². The lowest BCUT2D eigenvalue weighted by atomic mass is 9.92. The van der Waals surface area contributed by atoms with Gasteiger partial charge < -0.3 is 5.32 Å². The van der Waals surface area contributed by atoms with Crippen molar-refractivity contribution in [1.29, 1.82) is 0 Å². The summed E-state index contributed by atoms with van der Waals surface area (Å²) in [6, 6.07) is 68.5. The average Bonchev–Trinajstić information content (AvgIpc) is 3.18. The van der Waals surface area contributed by atoms with Crippen LogP contribution >= 0.6 is 7.26 Å². The zero-order valence-corrected chi connectivity index (χ0v) is 27.9. The topological polar surface area (TPSA) is 29.1 Å². The number of benzene rings is 8. The predicted molar refractivity (Wildman–Crippen MR) is 210 cm³/mol. The van der Waals surface area contributed by atoms with E-state index in [0.717, 1.165) is 44.5 Å². The molecular formula is C46H35NOP+. The lowest BCUT2D eigenvalue weighted by molar-refractivity contribution is 0.102. The highest BCUT2D eigenvalue weighted by atomic mass is 31.2. The summed E-state index contributed by atoms with van der Waals surface area (Å²) < 4.78 is 0. The molecule has 8 rings (SSSR count). The summed E-state index contributed by atoms with van der Waals surface area (Å²) in [6.07, 6.45) is 0.851. The Labute approximate surface area is 288 Å². The second-order valence-electron chi connectivity index (χ2n) is 12.3. The minimum Gasteiger partial charge on any atom is -0.321 e. The standard InChI is InChI=1S/C46H34NOP/c48-46(37-21-7-2-8-22-37)47-42-31-29-35-19-13-15-27-40(35)44(42)45-41-28-16-14-20-36(41)30-32-43(45)49(38-23-9-3-10-24-38,39-25-11-4-12-26-39)33-34-17-5-1-6-18-34/h1-32H,33H2/p+1. The van der Waals surface area contributed by atoms with Crippen molar-refractivity contribution in [1.82, 2.24) is 0 Å². The van der Waals surface area contributed by atoms with Crippen molar-refractivity contribution in [3.63, 3.8) is 0 Å². The Morgan fingerprint density at radius 3 is 1.51 bits per heavy atom. The summed E-state index contributed by atoms with van der Waals surface area (Å²) >= 11 is 0. The Bertz CT molecular complexity index is 2350. The molecule has 0 aliphatic heterocycles. The zero-order valence-electron chi connectivity index (χ0n) is 27.0. The van der Waals surface area contributed by atoms with Crippen LogP contribution in [0.3, 0.4) is 0 Å². The minimum atomic E-state index is -2.39. The maximum atomic E-state index is 13.9. The van der Waals surface area contributed by atoms with Crippen molar-refractivity contribution in [2.75, 3.05) is 5.32 Å². The summed E-state index contributed by atoms with van der Waals surface area (Å²) in [4.78, 5) is 13.9. The molecule has 8 aromatic rings. The lowest BCUT2D eigenvalue weighted by Crippen LogP contribution is -2.34. The van der Waals surface area contributed by atoms with Gasteiger partial charge in [0.15, 0.2) is 0 Å². The highest BCUT2D eigenvalue weighted by molar-refractivity contribution is 7.95. The van der Waals surface area contributed by atoms with Crippen LogP contribution in [0.1, 0.15) is 15.9 Å². The van der Waals surface area contributed by atoms with Crippen LogP contribution in [0.25, 0.3) is 32.7 Å². The number of rotatable bonds is 8. The van der Waals surface area contributed by atoms with Gasteiger partial charge in [-0.25, -0.2) is 0 Å². The SMILES string of the molecule is O=C(Nc1ccc2ccccc2c1-c1c([P+](Cc2ccccc2)(c2ccccc2)c2ccccc2)ccc2ccccc12)c1ccccc1. The van der Waals surface area contributed by atoms with Crippen molar-refractivity contribution >= 4 is 56.3 Å². The first-order valence-electron chi connectivity index (χ1n) is 16.7. The third-order valence-corrected chi connectivity index (χ3v) is 13.8. The molecule has 0 fully saturated rings. The molecule has 0 aliphatic carbocycles. The van der Waals surface area contributed by atoms with Crippen LogP contribution in [-0.2, 0) is 6.16 Å². The van der Waals surface area contributed by atoms with Gasteiger partial charge in [0.25, 0.3) is 5.91 Å². The van der Waals surface area contributed by atoms with E-state index in [4.69, 9.17) is 0 Å². The molecule has 0 radical (unpaired) electrons. The van der Waals surface area contributed by atoms with Gasteiger partial charge in [-0.15, -0.1) is 0 Å². The Morgan fingerprint density at radius 2 is 0.918 bits per heavy atom. The van der Waals surface area contributed by atoms with Crippen molar-refractivity contribution in [3.05, 3.63) is 205 Å². The van der Waals surface area contributed by atoms with E-state index in [1.54, 1.807) is 0 Å². The van der Waals surface area contributed by atoms with Crippen molar-refractivity contribution < 1.29 is 4.79 Å². The predicted octanol–water partition coefficient (Wildman–Crippen LogP) is 10.4. The average molecular weight is 649 g/mol. The van der Waals surface area contributed by atoms with Gasteiger partial charge in [0.2, 0.25) is 0 Å². The number of amides is 1. The first kappa shape index (κ1) is 30.5. The summed E-state index contributed by atoms with van der Waals surface area (Å²) in [7, 11) is -2.39. The van der Waals surface area contributed by atoms with Crippen molar-refractivity contribution in [2.24, 2.45) is 0 Å². The smallest absolute Gasteiger partial charge is 0.255 e. The first-order valence-corrected chi connectivity index (χ1v) is 18.6. The van der Waals surface area contributed by atoms with E-state index < -0.39 is 7.26 Å². The van der Waals surface area contributed by atoms with Gasteiger partial charge >= 0.3 is 0 Å². The van der Waals surface area contributed by atoms with Gasteiger partial charge in [0, 0.05) is 22.4 Å². The number of hydrogen-bond acceptors (Lipinski definition) is 1. The van der Waals surface area contributed by atoms with Crippen LogP contribution in [0, 0.1) is 0 Å². The van der Waals surface area contributed by atoms with Crippen LogP contribution < -0.4 is 21.2 Å². The van der Waals surface area contributed by atoms with Gasteiger partial charge in [-0.3, -0.25) is 4.79 Å². The molecule has 0 saturated carbocycles. The molecule has 0 bridgehead atoms. The molecular weight excluding hydrogens is 613 g/mol. The fraction of sp³-hybridized carbons (Fsp3) is 0.0217. The van der Waals surface area contributed by atoms with Crippen LogP contribution in [0.4, 0.5) is 5.69 Å². The van der Waals surface area contributed by atoms with Crippen LogP contribution in [0.15, 0.2) is 194 Å². The fourth-order valence-corrected chi connectivity index (χ4v) is 11.6. The molecule has 8 aromatic carbocycles. The van der Waals surface area contributed by atoms with Gasteiger partial charge in [0.1, 0.15) is 23.2 Å². The Balaban J connectivity index is 1.51. The molecule has 0 spiro atoms. The number of nitrogens with one attached hydrogen (secondary N) is 1. The third kappa shape index (κ3) is 5.71. The molecule has 49 heavy (non-hydrogen) atoms. The van der Waals surface area contributed by atoms with Crippen molar-refractivity contribution in [2.45, 2.75) is 6.16 Å². The maximum absolute atomic E-state index is 13.9. The van der Waals surface area contributed by atoms with E-state index >= 15 is 0 Å². The molecule has 0 atom stereocenters. The van der Waals surface area contributed by atoms with E-state index in [2.05, 4.69) is 169 Å². The molecule has 0 heterocycles. The molecule has 234 valence electrons. The summed E-state index contributed by atoms with van der Waals surface area (Å²) in [5.41, 5.74) is 4.91. The fourth-order valence-electron chi connectivity index (χ4n) is 7.19. The third-order valence-electron chi connectivity index (χ3n) is 9.44. The second kappa shape index (κ2) is 13.4. The Kier molecular flexibility index (Phi) is 8.32. The van der Waals surface area contributed by atoms with Crippen LogP contribution in [-0.4, -0.2) is 5.91 Å². The number of anilines is 1. The Hall–Kier alpha value is -5.82. The molecule has 0 saturated heterocycles. The van der Waals surface area contributed by atoms with E-state index in [1.165, 1.54) is 21.5 Å². The highest BCUT2D eigenvalue weighted by Gasteiger charge is 2.48.